The molecule has 1 fully saturated rings. The normalized spacial score (nSPS) is 45.0. The van der Waals surface area contributed by atoms with Crippen molar-refractivity contribution in [3.8, 4) is 0 Å². The van der Waals surface area contributed by atoms with Gasteiger partial charge in [0, 0.05) is 12.6 Å². The molecule has 0 spiro atoms. The van der Waals surface area contributed by atoms with Gasteiger partial charge in [-0.2, -0.15) is 0 Å². The topological polar surface area (TPSA) is 52.5 Å². The third-order valence-corrected chi connectivity index (χ3v) is 1.71. The Morgan fingerprint density at radius 1 is 1.33 bits per heavy atom. The highest BCUT2D eigenvalue weighted by Crippen LogP contribution is 2.07. The van der Waals surface area contributed by atoms with Gasteiger partial charge >= 0.3 is 0 Å². The third-order valence-electron chi connectivity index (χ3n) is 1.71. The van der Waals surface area contributed by atoms with Crippen LogP contribution in [-0.4, -0.2) is 35.0 Å². The Morgan fingerprint density at radius 2 is 2.00 bits per heavy atom. The summed E-state index contributed by atoms with van der Waals surface area (Å²) in [6, 6.07) is 0.336. The van der Waals surface area contributed by atoms with Crippen LogP contribution in [0.2, 0.25) is 0 Å². The van der Waals surface area contributed by atoms with E-state index in [9.17, 15) is 0 Å². The number of aliphatic hydroxyl groups excluding tert-OH is 2. The van der Waals surface area contributed by atoms with Gasteiger partial charge in [0.05, 0.1) is 12.2 Å². The van der Waals surface area contributed by atoms with Crippen LogP contribution in [0.15, 0.2) is 0 Å². The Balaban J connectivity index is 2.35. The molecule has 0 unspecified atom stereocenters. The molecule has 1 aliphatic heterocycles. The number of hydrogen-bond acceptors (Lipinski definition) is 3. The van der Waals surface area contributed by atoms with Gasteiger partial charge in [0.1, 0.15) is 0 Å². The summed E-state index contributed by atoms with van der Waals surface area (Å²) in [5.74, 6) is 0. The maximum absolute atomic E-state index is 9.06. The van der Waals surface area contributed by atoms with Crippen molar-refractivity contribution in [1.82, 2.24) is 5.32 Å². The summed E-state index contributed by atoms with van der Waals surface area (Å²) in [5.41, 5.74) is 0. The first-order valence-corrected chi connectivity index (χ1v) is 3.29. The average Bonchev–Trinajstić information content (AvgIpc) is 1.80. The van der Waals surface area contributed by atoms with Crippen LogP contribution in [0.1, 0.15) is 13.3 Å². The van der Waals surface area contributed by atoms with Gasteiger partial charge in [-0.1, -0.05) is 0 Å². The summed E-state index contributed by atoms with van der Waals surface area (Å²) in [5, 5.41) is 21.1. The van der Waals surface area contributed by atoms with Gasteiger partial charge in [0.15, 0.2) is 0 Å². The molecule has 0 aromatic heterocycles. The molecule has 3 nitrogen and oxygen atoms in total. The van der Waals surface area contributed by atoms with Gasteiger partial charge in [-0.25, -0.2) is 0 Å². The number of hydrogen-bond donors (Lipinski definition) is 3. The molecule has 1 saturated heterocycles. The molecule has 9 heavy (non-hydrogen) atoms. The Hall–Kier alpha value is -0.120. The number of β-amino-alcohol motifs (C(OH)–C–C–N with tert-alkyl or cyclic N) is 1. The quantitative estimate of drug-likeness (QED) is 0.399. The molecular weight excluding hydrogens is 118 g/mol. The lowest BCUT2D eigenvalue weighted by atomic mass is 10.0. The second-order valence-corrected chi connectivity index (χ2v) is 2.68. The van der Waals surface area contributed by atoms with E-state index in [-0.39, 0.29) is 0 Å². The molecule has 54 valence electrons. The summed E-state index contributed by atoms with van der Waals surface area (Å²) >= 11 is 0. The first-order chi connectivity index (χ1) is 4.20. The van der Waals surface area contributed by atoms with Crippen molar-refractivity contribution >= 4 is 0 Å². The summed E-state index contributed by atoms with van der Waals surface area (Å²) in [6.07, 6.45) is -0.441. The Kier molecular flexibility index (Phi) is 2.05. The molecule has 0 saturated carbocycles. The standard InChI is InChI=1S/C6H13NO2/c1-4-2-5(8)6(9)3-7-4/h4-9H,2-3H2,1H3/t4-,5-,6+/m1/s1. The summed E-state index contributed by atoms with van der Waals surface area (Å²) < 4.78 is 0. The smallest absolute Gasteiger partial charge is 0.0923 e. The average molecular weight is 131 g/mol. The highest BCUT2D eigenvalue weighted by Gasteiger charge is 2.23. The largest absolute Gasteiger partial charge is 0.390 e. The fourth-order valence-electron chi connectivity index (χ4n) is 1.06. The number of piperidine rings is 1. The van der Waals surface area contributed by atoms with Gasteiger partial charge in [0.25, 0.3) is 0 Å². The van der Waals surface area contributed by atoms with Crippen molar-refractivity contribution in [3.05, 3.63) is 0 Å². The van der Waals surface area contributed by atoms with E-state index in [4.69, 9.17) is 10.2 Å². The highest BCUT2D eigenvalue weighted by atomic mass is 16.3. The van der Waals surface area contributed by atoms with Gasteiger partial charge in [-0.05, 0) is 13.3 Å². The van der Waals surface area contributed by atoms with E-state index in [1.165, 1.54) is 0 Å². The first-order valence-electron chi connectivity index (χ1n) is 3.29. The molecule has 0 aromatic rings. The molecule has 3 N–H and O–H groups in total. The predicted molar refractivity (Wildman–Crippen MR) is 34.1 cm³/mol. The minimum atomic E-state index is -0.568. The van der Waals surface area contributed by atoms with Crippen molar-refractivity contribution in [2.75, 3.05) is 6.54 Å². The summed E-state index contributed by atoms with van der Waals surface area (Å²) in [7, 11) is 0. The van der Waals surface area contributed by atoms with Crippen molar-refractivity contribution in [2.45, 2.75) is 31.6 Å². The van der Waals surface area contributed by atoms with E-state index in [0.29, 0.717) is 19.0 Å². The number of nitrogens with one attached hydrogen (secondary N) is 1. The SMILES string of the molecule is C[C@@H]1C[C@@H](O)[C@@H](O)CN1. The van der Waals surface area contributed by atoms with Gasteiger partial charge in [-0.15, -0.1) is 0 Å². The second-order valence-electron chi connectivity index (χ2n) is 2.68. The van der Waals surface area contributed by atoms with Crippen LogP contribution in [0.25, 0.3) is 0 Å². The lowest BCUT2D eigenvalue weighted by Gasteiger charge is -2.28. The highest BCUT2D eigenvalue weighted by molar-refractivity contribution is 4.81. The van der Waals surface area contributed by atoms with Crippen LogP contribution in [0, 0.1) is 0 Å². The number of rotatable bonds is 0. The molecule has 3 heteroatoms. The Labute approximate surface area is 54.7 Å². The second kappa shape index (κ2) is 2.64. The number of aliphatic hydroxyl groups is 2. The van der Waals surface area contributed by atoms with E-state index in [1.807, 2.05) is 6.92 Å². The van der Waals surface area contributed by atoms with Crippen LogP contribution in [0.3, 0.4) is 0 Å². The van der Waals surface area contributed by atoms with Crippen molar-refractivity contribution in [2.24, 2.45) is 0 Å². The zero-order valence-corrected chi connectivity index (χ0v) is 5.54. The molecule has 1 aliphatic rings. The third kappa shape index (κ3) is 1.64. The molecule has 3 atom stereocenters. The maximum atomic E-state index is 9.06. The predicted octanol–water partition coefficient (Wildman–Crippen LogP) is -0.910. The van der Waals surface area contributed by atoms with Crippen molar-refractivity contribution in [3.63, 3.8) is 0 Å². The zero-order valence-electron chi connectivity index (χ0n) is 5.54. The molecule has 1 heterocycles. The van der Waals surface area contributed by atoms with Gasteiger partial charge in [0.2, 0.25) is 0 Å². The van der Waals surface area contributed by atoms with Crippen LogP contribution in [-0.2, 0) is 0 Å². The lowest BCUT2D eigenvalue weighted by Crippen LogP contribution is -2.48. The molecule has 1 rings (SSSR count). The first kappa shape index (κ1) is 6.99. The summed E-state index contributed by atoms with van der Waals surface area (Å²) in [6.45, 7) is 2.51. The summed E-state index contributed by atoms with van der Waals surface area (Å²) in [4.78, 5) is 0. The van der Waals surface area contributed by atoms with E-state index in [0.717, 1.165) is 0 Å². The van der Waals surface area contributed by atoms with Crippen LogP contribution >= 0.6 is 0 Å². The van der Waals surface area contributed by atoms with Crippen LogP contribution in [0.4, 0.5) is 0 Å². The minimum absolute atomic E-state index is 0.336. The fraction of sp³-hybridized carbons (Fsp3) is 1.00. The molecule has 0 radical (unpaired) electrons. The van der Waals surface area contributed by atoms with E-state index in [1.54, 1.807) is 0 Å². The van der Waals surface area contributed by atoms with Gasteiger partial charge in [-0.3, -0.25) is 0 Å². The van der Waals surface area contributed by atoms with E-state index < -0.39 is 12.2 Å². The molecule has 0 bridgehead atoms. The molecule has 0 amide bonds. The van der Waals surface area contributed by atoms with Gasteiger partial charge < -0.3 is 15.5 Å². The maximum Gasteiger partial charge on any atom is 0.0923 e. The zero-order chi connectivity index (χ0) is 6.85. The fourth-order valence-corrected chi connectivity index (χ4v) is 1.06. The Morgan fingerprint density at radius 3 is 2.44 bits per heavy atom. The Bertz CT molecular complexity index is 97.1. The minimum Gasteiger partial charge on any atom is -0.390 e. The monoisotopic (exact) mass is 131 g/mol. The molecule has 0 aromatic carbocycles. The molecular formula is C6H13NO2. The van der Waals surface area contributed by atoms with E-state index >= 15 is 0 Å². The van der Waals surface area contributed by atoms with E-state index in [2.05, 4.69) is 5.32 Å². The lowest BCUT2D eigenvalue weighted by molar-refractivity contribution is -0.00990. The van der Waals surface area contributed by atoms with Crippen LogP contribution in [0.5, 0.6) is 0 Å². The van der Waals surface area contributed by atoms with Crippen molar-refractivity contribution in [1.29, 1.82) is 0 Å². The van der Waals surface area contributed by atoms with Crippen molar-refractivity contribution < 1.29 is 10.2 Å². The molecule has 0 aliphatic carbocycles. The van der Waals surface area contributed by atoms with Crippen LogP contribution < -0.4 is 5.32 Å².